The Morgan fingerprint density at radius 3 is 2.94 bits per heavy atom. The van der Waals surface area contributed by atoms with Crippen LogP contribution >= 0.6 is 0 Å². The summed E-state index contributed by atoms with van der Waals surface area (Å²) in [6.07, 6.45) is 1.01. The van der Waals surface area contributed by atoms with Gasteiger partial charge in [0, 0.05) is 0 Å². The lowest BCUT2D eigenvalue weighted by Crippen LogP contribution is -2.33. The van der Waals surface area contributed by atoms with Crippen molar-refractivity contribution in [3.8, 4) is 5.88 Å². The number of methoxy groups -OCH3 is 1. The van der Waals surface area contributed by atoms with Crippen LogP contribution in [0.4, 0.5) is 5.69 Å². The van der Waals surface area contributed by atoms with Crippen molar-refractivity contribution in [2.75, 3.05) is 12.8 Å². The molecule has 0 unspecified atom stereocenters. The van der Waals surface area contributed by atoms with Crippen molar-refractivity contribution in [3.05, 3.63) is 17.8 Å². The average Bonchev–Trinajstić information content (AvgIpc) is 3.13. The number of amides is 1. The van der Waals surface area contributed by atoms with Gasteiger partial charge in [-0.25, -0.2) is 18.1 Å². The smallest absolute Gasteiger partial charge is 0.283 e. The number of carbonyl (C=O) groups is 1. The van der Waals surface area contributed by atoms with Crippen molar-refractivity contribution in [3.63, 3.8) is 0 Å². The third kappa shape index (κ3) is 2.53. The highest BCUT2D eigenvalue weighted by Gasteiger charge is 2.37. The Kier molecular flexibility index (Phi) is 2.26. The van der Waals surface area contributed by atoms with Crippen LogP contribution in [0.2, 0.25) is 0 Å². The maximum Gasteiger partial charge on any atom is 0.283 e. The van der Waals surface area contributed by atoms with Crippen molar-refractivity contribution < 1.29 is 22.1 Å². The first kappa shape index (κ1) is 9.15. The fourth-order valence-electron chi connectivity index (χ4n) is 1.30. The summed E-state index contributed by atoms with van der Waals surface area (Å²) in [4.78, 5) is 15.5. The van der Waals surface area contributed by atoms with Gasteiger partial charge in [0.2, 0.25) is 15.9 Å². The Morgan fingerprint density at radius 1 is 1.61 bits per heavy atom. The van der Waals surface area contributed by atoms with Crippen LogP contribution in [-0.2, 0) is 10.0 Å². The van der Waals surface area contributed by atoms with Crippen LogP contribution in [0.25, 0.3) is 0 Å². The number of carbonyl (C=O) groups excluding carboxylic acids is 1. The lowest BCUT2D eigenvalue weighted by molar-refractivity contribution is 0.0975. The summed E-state index contributed by atoms with van der Waals surface area (Å²) in [7, 11) is -6.50. The number of pyridine rings is 1. The standard InChI is InChI=1S/C10H13N3O4S/c1-17-10-7(11)4-5-8(12-10)9(14)13-18(15,16)6-2-3-6/h4-6H,2-3,11H2,1H3,(H,13,14)/i1D3. The molecule has 0 aliphatic heterocycles. The molecule has 8 heteroatoms. The van der Waals surface area contributed by atoms with E-state index in [-0.39, 0.29) is 11.4 Å². The summed E-state index contributed by atoms with van der Waals surface area (Å²) in [5.41, 5.74) is 5.12. The molecule has 98 valence electrons. The molecule has 3 N–H and O–H groups in total. The van der Waals surface area contributed by atoms with Crippen molar-refractivity contribution in [2.45, 2.75) is 18.1 Å². The van der Waals surface area contributed by atoms with E-state index in [1.807, 2.05) is 4.72 Å². The van der Waals surface area contributed by atoms with Gasteiger partial charge in [0.05, 0.1) is 22.1 Å². The van der Waals surface area contributed by atoms with Crippen LogP contribution in [0.1, 0.15) is 27.4 Å². The van der Waals surface area contributed by atoms with Crippen LogP contribution in [0, 0.1) is 0 Å². The maximum absolute atomic E-state index is 11.8. The first-order valence-corrected chi connectivity index (χ1v) is 6.64. The second-order valence-electron chi connectivity index (χ2n) is 3.87. The molecule has 1 saturated carbocycles. The van der Waals surface area contributed by atoms with E-state index in [1.165, 1.54) is 12.1 Å². The van der Waals surface area contributed by atoms with Gasteiger partial charge in [0.1, 0.15) is 5.69 Å². The quantitative estimate of drug-likeness (QED) is 0.792. The van der Waals surface area contributed by atoms with Gasteiger partial charge in [-0.1, -0.05) is 0 Å². The van der Waals surface area contributed by atoms with Crippen LogP contribution in [0.15, 0.2) is 12.1 Å². The lowest BCUT2D eigenvalue weighted by Gasteiger charge is -2.07. The minimum Gasteiger partial charge on any atom is -0.480 e. The van der Waals surface area contributed by atoms with E-state index >= 15 is 0 Å². The molecular formula is C10H13N3O4S. The van der Waals surface area contributed by atoms with Crippen molar-refractivity contribution >= 4 is 21.6 Å². The largest absolute Gasteiger partial charge is 0.480 e. The lowest BCUT2D eigenvalue weighted by atomic mass is 10.3. The number of anilines is 1. The second kappa shape index (κ2) is 4.45. The average molecular weight is 274 g/mol. The number of nitrogen functional groups attached to an aromatic ring is 1. The number of nitrogens with two attached hydrogens (primary N) is 1. The van der Waals surface area contributed by atoms with Gasteiger partial charge in [0.15, 0.2) is 0 Å². The molecule has 18 heavy (non-hydrogen) atoms. The number of ether oxygens (including phenoxy) is 1. The first-order valence-electron chi connectivity index (χ1n) is 6.60. The second-order valence-corrected chi connectivity index (χ2v) is 5.83. The number of hydrogen-bond acceptors (Lipinski definition) is 6. The van der Waals surface area contributed by atoms with Gasteiger partial charge in [0.25, 0.3) is 5.91 Å². The van der Waals surface area contributed by atoms with E-state index < -0.39 is 34.1 Å². The topological polar surface area (TPSA) is 111 Å². The van der Waals surface area contributed by atoms with E-state index in [0.29, 0.717) is 12.8 Å². The molecular weight excluding hydrogens is 258 g/mol. The molecule has 1 aromatic heterocycles. The predicted molar refractivity (Wildman–Crippen MR) is 64.6 cm³/mol. The Balaban J connectivity index is 2.20. The molecule has 1 aromatic rings. The molecule has 7 nitrogen and oxygen atoms in total. The highest BCUT2D eigenvalue weighted by Crippen LogP contribution is 2.27. The molecule has 1 aliphatic carbocycles. The zero-order chi connectivity index (χ0) is 15.8. The van der Waals surface area contributed by atoms with Crippen molar-refractivity contribution in [2.24, 2.45) is 0 Å². The van der Waals surface area contributed by atoms with E-state index in [1.54, 1.807) is 0 Å². The maximum atomic E-state index is 11.8. The first-order chi connectivity index (χ1) is 9.58. The molecule has 1 amide bonds. The molecule has 2 rings (SSSR count). The van der Waals surface area contributed by atoms with Crippen LogP contribution in [0.5, 0.6) is 5.88 Å². The normalized spacial score (nSPS) is 18.3. The summed E-state index contributed by atoms with van der Waals surface area (Å²) in [5, 5.41) is -0.562. The monoisotopic (exact) mass is 274 g/mol. The highest BCUT2D eigenvalue weighted by atomic mass is 32.2. The number of aromatic nitrogens is 1. The fourth-order valence-corrected chi connectivity index (χ4v) is 2.59. The highest BCUT2D eigenvalue weighted by molar-refractivity contribution is 7.91. The van der Waals surface area contributed by atoms with Gasteiger partial charge in [-0.15, -0.1) is 0 Å². The minimum absolute atomic E-state index is 0.0762. The SMILES string of the molecule is [2H]C([2H])([2H])Oc1nc(C(=O)NS(=O)(=O)C2CC2)ccc1N. The Morgan fingerprint density at radius 2 is 2.33 bits per heavy atom. The van der Waals surface area contributed by atoms with Gasteiger partial charge >= 0.3 is 0 Å². The number of rotatable bonds is 4. The molecule has 0 spiro atoms. The predicted octanol–water partition coefficient (Wildman–Crippen LogP) is -0.106. The number of nitrogens with one attached hydrogen (secondary N) is 1. The molecule has 1 heterocycles. The van der Waals surface area contributed by atoms with Gasteiger partial charge in [-0.2, -0.15) is 0 Å². The molecule has 1 aliphatic rings. The summed E-state index contributed by atoms with van der Waals surface area (Å²) in [6, 6.07) is 2.40. The fraction of sp³-hybridized carbons (Fsp3) is 0.400. The Labute approximate surface area is 109 Å². The Hall–Kier alpha value is -1.83. The Bertz CT molecular complexity index is 671. The van der Waals surface area contributed by atoms with Gasteiger partial charge in [-0.3, -0.25) is 4.79 Å². The van der Waals surface area contributed by atoms with E-state index in [2.05, 4.69) is 9.72 Å². The molecule has 0 aromatic carbocycles. The van der Waals surface area contributed by atoms with Gasteiger partial charge < -0.3 is 10.5 Å². The van der Waals surface area contributed by atoms with E-state index in [0.717, 1.165) is 0 Å². The zero-order valence-corrected chi connectivity index (χ0v) is 10.0. The molecule has 0 radical (unpaired) electrons. The number of sulfonamides is 1. The summed E-state index contributed by atoms with van der Waals surface area (Å²) >= 11 is 0. The van der Waals surface area contributed by atoms with Gasteiger partial charge in [-0.05, 0) is 25.0 Å². The zero-order valence-electron chi connectivity index (χ0n) is 12.2. The molecule has 1 fully saturated rings. The molecule has 0 atom stereocenters. The van der Waals surface area contributed by atoms with Crippen molar-refractivity contribution in [1.82, 2.24) is 9.71 Å². The minimum atomic E-state index is -3.72. The molecule has 0 bridgehead atoms. The number of nitrogens with zero attached hydrogens (tertiary/aromatic N) is 1. The number of hydrogen-bond donors (Lipinski definition) is 2. The van der Waals surface area contributed by atoms with Crippen molar-refractivity contribution in [1.29, 1.82) is 0 Å². The van der Waals surface area contributed by atoms with Crippen LogP contribution in [0.3, 0.4) is 0 Å². The van der Waals surface area contributed by atoms with E-state index in [9.17, 15) is 13.2 Å². The van der Waals surface area contributed by atoms with E-state index in [4.69, 9.17) is 9.85 Å². The van der Waals surface area contributed by atoms with Crippen LogP contribution in [-0.4, -0.2) is 31.6 Å². The summed E-state index contributed by atoms with van der Waals surface area (Å²) in [5.74, 6) is -1.41. The summed E-state index contributed by atoms with van der Waals surface area (Å²) in [6.45, 7) is 0. The third-order valence-electron chi connectivity index (χ3n) is 2.42. The third-order valence-corrected chi connectivity index (χ3v) is 4.24. The summed E-state index contributed by atoms with van der Waals surface area (Å²) < 4.78 is 50.6. The van der Waals surface area contributed by atoms with Crippen LogP contribution < -0.4 is 15.2 Å². The molecule has 0 saturated heterocycles.